The molecule has 9 nitrogen and oxygen atoms in total. The molecule has 0 bridgehead atoms. The summed E-state index contributed by atoms with van der Waals surface area (Å²) in [5, 5.41) is 54.4. The Morgan fingerprint density at radius 2 is 0.845 bits per heavy atom. The van der Waals surface area contributed by atoms with Crippen LogP contribution in [0.5, 0.6) is 0 Å². The van der Waals surface area contributed by atoms with Gasteiger partial charge < -0.3 is 40.3 Å². The van der Waals surface area contributed by atoms with Crippen LogP contribution in [0.1, 0.15) is 271 Å². The van der Waals surface area contributed by atoms with E-state index in [0.717, 1.165) is 57.8 Å². The van der Waals surface area contributed by atoms with Crippen molar-refractivity contribution in [3.8, 4) is 0 Å². The predicted octanol–water partition coefficient (Wildman–Crippen LogP) is 15.1. The maximum atomic E-state index is 13.0. The molecule has 1 rings (SSSR count). The van der Waals surface area contributed by atoms with Crippen molar-refractivity contribution >= 4 is 5.91 Å². The van der Waals surface area contributed by atoms with Gasteiger partial charge in [0.25, 0.3) is 0 Å². The third kappa shape index (κ3) is 40.9. The van der Waals surface area contributed by atoms with Gasteiger partial charge in [-0.15, -0.1) is 0 Å². The molecule has 0 saturated carbocycles. The van der Waals surface area contributed by atoms with Crippen molar-refractivity contribution in [2.24, 2.45) is 0 Å². The van der Waals surface area contributed by atoms with Crippen LogP contribution in [-0.2, 0) is 14.3 Å². The number of hydrogen-bond acceptors (Lipinski definition) is 8. The standard InChI is InChI=1S/C62H113NO8/c1-3-5-7-9-11-13-15-17-19-20-21-22-23-24-25-26-27-28-29-30-31-32-33-34-35-36-38-40-42-44-46-48-50-52-58(66)63-55(54-70-62-61(69)60(68)59(67)57(53-64)71-62)56(65)51-49-47-45-43-41-39-37-18-16-14-12-10-8-6-4-2/h15-18,20-21,41,43,49,51,55-57,59-62,64-65,67-69H,3-14,19,22-40,42,44-48,50,52-54H2,1-2H3,(H,63,66)/b17-15-,18-16+,21-20-,43-41+,51-49+. The van der Waals surface area contributed by atoms with Crippen molar-refractivity contribution in [2.75, 3.05) is 13.2 Å². The van der Waals surface area contributed by atoms with E-state index in [1.54, 1.807) is 6.08 Å². The van der Waals surface area contributed by atoms with Crippen LogP contribution in [0.15, 0.2) is 60.8 Å². The Morgan fingerprint density at radius 1 is 0.479 bits per heavy atom. The number of carbonyl (C=O) groups excluding carboxylic acids is 1. The van der Waals surface area contributed by atoms with Gasteiger partial charge in [-0.3, -0.25) is 4.79 Å². The first kappa shape index (κ1) is 66.9. The van der Waals surface area contributed by atoms with Gasteiger partial charge in [0.15, 0.2) is 6.29 Å². The monoisotopic (exact) mass is 1000 g/mol. The Balaban J connectivity index is 2.13. The molecule has 1 heterocycles. The number of hydrogen-bond donors (Lipinski definition) is 6. The van der Waals surface area contributed by atoms with E-state index in [9.17, 15) is 30.3 Å². The number of aliphatic hydroxyl groups excluding tert-OH is 5. The summed E-state index contributed by atoms with van der Waals surface area (Å²) in [6.45, 7) is 3.74. The average molecular weight is 1000 g/mol. The second kappa shape index (κ2) is 51.4. The highest BCUT2D eigenvalue weighted by Gasteiger charge is 2.44. The van der Waals surface area contributed by atoms with Crippen molar-refractivity contribution < 1.29 is 39.8 Å². The molecule has 1 fully saturated rings. The van der Waals surface area contributed by atoms with Crippen molar-refractivity contribution in [3.63, 3.8) is 0 Å². The molecule has 414 valence electrons. The molecule has 1 amide bonds. The van der Waals surface area contributed by atoms with E-state index in [1.807, 2.05) is 6.08 Å². The first-order valence-corrected chi connectivity index (χ1v) is 30.0. The summed E-state index contributed by atoms with van der Waals surface area (Å²) >= 11 is 0. The number of unbranched alkanes of at least 4 members (excludes halogenated alkanes) is 33. The SMILES string of the molecule is CCCCCCC/C=C\C/C=C\CCCCCCCCCCCCCCCCCCCCCCCC(=O)NC(COC1OC(CO)C(O)C(O)C1O)C(O)/C=C/CC/C=C/CC/C=C/CCCCCCC. The maximum Gasteiger partial charge on any atom is 0.220 e. The Hall–Kier alpha value is -2.11. The second-order valence-electron chi connectivity index (χ2n) is 20.8. The van der Waals surface area contributed by atoms with E-state index in [0.29, 0.717) is 6.42 Å². The van der Waals surface area contributed by atoms with Gasteiger partial charge in [0.1, 0.15) is 24.4 Å². The molecule has 71 heavy (non-hydrogen) atoms. The van der Waals surface area contributed by atoms with Crippen LogP contribution in [-0.4, -0.2) is 87.5 Å². The van der Waals surface area contributed by atoms with Crippen molar-refractivity contribution in [3.05, 3.63) is 60.8 Å². The van der Waals surface area contributed by atoms with E-state index in [2.05, 4.69) is 67.8 Å². The molecule has 7 atom stereocenters. The minimum atomic E-state index is -1.57. The summed E-state index contributed by atoms with van der Waals surface area (Å²) < 4.78 is 11.2. The third-order valence-corrected chi connectivity index (χ3v) is 14.0. The zero-order valence-electron chi connectivity index (χ0n) is 46.0. The zero-order valence-corrected chi connectivity index (χ0v) is 46.0. The highest BCUT2D eigenvalue weighted by atomic mass is 16.7. The Bertz CT molecular complexity index is 1300. The number of carbonyl (C=O) groups is 1. The molecule has 1 aliphatic rings. The van der Waals surface area contributed by atoms with Gasteiger partial charge in [0, 0.05) is 6.42 Å². The van der Waals surface area contributed by atoms with Gasteiger partial charge in [-0.2, -0.15) is 0 Å². The summed E-state index contributed by atoms with van der Waals surface area (Å²) in [6, 6.07) is -0.828. The lowest BCUT2D eigenvalue weighted by Crippen LogP contribution is -2.60. The van der Waals surface area contributed by atoms with E-state index in [1.165, 1.54) is 193 Å². The minimum absolute atomic E-state index is 0.189. The first-order chi connectivity index (χ1) is 34.8. The highest BCUT2D eigenvalue weighted by Crippen LogP contribution is 2.23. The molecular weight excluding hydrogens is 887 g/mol. The topological polar surface area (TPSA) is 149 Å². The number of allylic oxidation sites excluding steroid dienone is 9. The molecule has 0 aromatic heterocycles. The maximum absolute atomic E-state index is 13.0. The van der Waals surface area contributed by atoms with E-state index in [4.69, 9.17) is 9.47 Å². The van der Waals surface area contributed by atoms with Crippen LogP contribution in [0.4, 0.5) is 0 Å². The van der Waals surface area contributed by atoms with Gasteiger partial charge in [0.2, 0.25) is 5.91 Å². The number of rotatable bonds is 51. The van der Waals surface area contributed by atoms with Gasteiger partial charge in [-0.1, -0.05) is 248 Å². The van der Waals surface area contributed by atoms with E-state index < -0.39 is 49.5 Å². The fraction of sp³-hybridized carbons (Fsp3) is 0.823. The summed E-state index contributed by atoms with van der Waals surface area (Å²) in [6.07, 6.45) is 63.1. The Labute approximate surface area is 436 Å². The molecule has 7 unspecified atom stereocenters. The molecule has 0 aliphatic carbocycles. The van der Waals surface area contributed by atoms with E-state index in [-0.39, 0.29) is 12.5 Å². The molecule has 1 aliphatic heterocycles. The molecule has 0 aromatic rings. The smallest absolute Gasteiger partial charge is 0.220 e. The summed E-state index contributed by atoms with van der Waals surface area (Å²) in [4.78, 5) is 13.0. The van der Waals surface area contributed by atoms with Crippen LogP contribution < -0.4 is 5.32 Å². The van der Waals surface area contributed by atoms with Gasteiger partial charge in [0.05, 0.1) is 25.4 Å². The predicted molar refractivity (Wildman–Crippen MR) is 299 cm³/mol. The van der Waals surface area contributed by atoms with Crippen LogP contribution in [0.2, 0.25) is 0 Å². The van der Waals surface area contributed by atoms with Crippen molar-refractivity contribution in [2.45, 2.75) is 314 Å². The molecular formula is C62H113NO8. The van der Waals surface area contributed by atoms with Gasteiger partial charge in [-0.25, -0.2) is 0 Å². The molecule has 0 radical (unpaired) electrons. The Kier molecular flexibility index (Phi) is 48.4. The first-order valence-electron chi connectivity index (χ1n) is 30.0. The summed E-state index contributed by atoms with van der Waals surface area (Å²) in [5.41, 5.74) is 0. The lowest BCUT2D eigenvalue weighted by molar-refractivity contribution is -0.302. The second-order valence-corrected chi connectivity index (χ2v) is 20.8. The largest absolute Gasteiger partial charge is 0.394 e. The van der Waals surface area contributed by atoms with Crippen LogP contribution in [0.3, 0.4) is 0 Å². The van der Waals surface area contributed by atoms with Crippen LogP contribution in [0, 0.1) is 0 Å². The fourth-order valence-corrected chi connectivity index (χ4v) is 9.28. The lowest BCUT2D eigenvalue weighted by atomic mass is 9.99. The van der Waals surface area contributed by atoms with Gasteiger partial charge in [-0.05, 0) is 77.0 Å². The number of aliphatic hydroxyl groups is 5. The number of ether oxygens (including phenoxy) is 2. The summed E-state index contributed by atoms with van der Waals surface area (Å²) in [7, 11) is 0. The van der Waals surface area contributed by atoms with E-state index >= 15 is 0 Å². The molecule has 9 heteroatoms. The number of amides is 1. The molecule has 1 saturated heterocycles. The fourth-order valence-electron chi connectivity index (χ4n) is 9.28. The molecule has 0 aromatic carbocycles. The van der Waals surface area contributed by atoms with Crippen LogP contribution in [0.25, 0.3) is 0 Å². The van der Waals surface area contributed by atoms with Crippen molar-refractivity contribution in [1.29, 1.82) is 0 Å². The van der Waals surface area contributed by atoms with Crippen LogP contribution >= 0.6 is 0 Å². The Morgan fingerprint density at radius 3 is 1.27 bits per heavy atom. The lowest BCUT2D eigenvalue weighted by Gasteiger charge is -2.40. The highest BCUT2D eigenvalue weighted by molar-refractivity contribution is 5.76. The normalized spacial score (nSPS) is 19.7. The van der Waals surface area contributed by atoms with Crippen molar-refractivity contribution in [1.82, 2.24) is 5.32 Å². The average Bonchev–Trinajstić information content (AvgIpc) is 3.37. The zero-order chi connectivity index (χ0) is 51.5. The summed E-state index contributed by atoms with van der Waals surface area (Å²) in [5.74, 6) is -0.189. The quantitative estimate of drug-likeness (QED) is 0.0261. The molecule has 6 N–H and O–H groups in total. The number of nitrogens with one attached hydrogen (secondary N) is 1. The minimum Gasteiger partial charge on any atom is -0.394 e. The van der Waals surface area contributed by atoms with Gasteiger partial charge >= 0.3 is 0 Å². The molecule has 0 spiro atoms. The third-order valence-electron chi connectivity index (χ3n) is 14.0.